The molecular formula is C20H21N5O. The highest BCUT2D eigenvalue weighted by Gasteiger charge is 2.23. The molecule has 2 aromatic heterocycles. The number of pyridine rings is 1. The number of hydrogen-bond acceptors (Lipinski definition) is 5. The molecule has 1 amide bonds. The van der Waals surface area contributed by atoms with Gasteiger partial charge >= 0.3 is 0 Å². The van der Waals surface area contributed by atoms with Gasteiger partial charge in [0.15, 0.2) is 5.65 Å². The fourth-order valence-electron chi connectivity index (χ4n) is 3.36. The number of benzene rings is 1. The maximum Gasteiger partial charge on any atom is 0.223 e. The average Bonchev–Trinajstić information content (AvgIpc) is 2.72. The van der Waals surface area contributed by atoms with Gasteiger partial charge < -0.3 is 9.80 Å². The SMILES string of the molecule is O=C(CCc1ccccc1)N1CCN(c2ncnc3ncccc23)CC1. The van der Waals surface area contributed by atoms with Gasteiger partial charge in [-0.15, -0.1) is 0 Å². The molecule has 4 rings (SSSR count). The van der Waals surface area contributed by atoms with Gasteiger partial charge in [-0.25, -0.2) is 15.0 Å². The Labute approximate surface area is 152 Å². The quantitative estimate of drug-likeness (QED) is 0.725. The fraction of sp³-hybridized carbons (Fsp3) is 0.300. The monoisotopic (exact) mass is 347 g/mol. The Morgan fingerprint density at radius 1 is 0.923 bits per heavy atom. The van der Waals surface area contributed by atoms with Gasteiger partial charge in [0.25, 0.3) is 0 Å². The first-order chi connectivity index (χ1) is 12.8. The number of aromatic nitrogens is 3. The lowest BCUT2D eigenvalue weighted by Crippen LogP contribution is -2.49. The van der Waals surface area contributed by atoms with Gasteiger partial charge in [-0.2, -0.15) is 0 Å². The van der Waals surface area contributed by atoms with E-state index >= 15 is 0 Å². The third-order valence-corrected chi connectivity index (χ3v) is 4.79. The number of amides is 1. The second-order valence-corrected chi connectivity index (χ2v) is 6.43. The normalized spacial score (nSPS) is 14.6. The van der Waals surface area contributed by atoms with E-state index in [4.69, 9.17) is 0 Å². The summed E-state index contributed by atoms with van der Waals surface area (Å²) in [5.74, 6) is 1.13. The summed E-state index contributed by atoms with van der Waals surface area (Å²) in [4.78, 5) is 29.6. The van der Waals surface area contributed by atoms with Crippen LogP contribution < -0.4 is 4.90 Å². The van der Waals surface area contributed by atoms with Gasteiger partial charge in [-0.1, -0.05) is 30.3 Å². The summed E-state index contributed by atoms with van der Waals surface area (Å²) < 4.78 is 0. The number of aryl methyl sites for hydroxylation is 1. The van der Waals surface area contributed by atoms with Gasteiger partial charge in [-0.05, 0) is 24.1 Å². The predicted octanol–water partition coefficient (Wildman–Crippen LogP) is 2.31. The smallest absolute Gasteiger partial charge is 0.223 e. The van der Waals surface area contributed by atoms with E-state index < -0.39 is 0 Å². The lowest BCUT2D eigenvalue weighted by molar-refractivity contribution is -0.131. The second-order valence-electron chi connectivity index (χ2n) is 6.43. The zero-order valence-electron chi connectivity index (χ0n) is 14.6. The van der Waals surface area contributed by atoms with Crippen molar-refractivity contribution in [3.63, 3.8) is 0 Å². The van der Waals surface area contributed by atoms with Crippen molar-refractivity contribution in [2.24, 2.45) is 0 Å². The van der Waals surface area contributed by atoms with Crippen molar-refractivity contribution in [1.29, 1.82) is 0 Å². The van der Waals surface area contributed by atoms with E-state index in [1.165, 1.54) is 5.56 Å². The highest BCUT2D eigenvalue weighted by Crippen LogP contribution is 2.22. The summed E-state index contributed by atoms with van der Waals surface area (Å²) >= 11 is 0. The van der Waals surface area contributed by atoms with Crippen LogP contribution in [0.1, 0.15) is 12.0 Å². The molecule has 0 saturated carbocycles. The van der Waals surface area contributed by atoms with Crippen LogP contribution in [-0.2, 0) is 11.2 Å². The largest absolute Gasteiger partial charge is 0.352 e. The maximum absolute atomic E-state index is 12.5. The highest BCUT2D eigenvalue weighted by molar-refractivity contribution is 5.86. The molecule has 0 aliphatic carbocycles. The molecule has 1 aromatic carbocycles. The topological polar surface area (TPSA) is 62.2 Å². The molecule has 26 heavy (non-hydrogen) atoms. The molecule has 1 saturated heterocycles. The van der Waals surface area contributed by atoms with E-state index in [2.05, 4.69) is 32.0 Å². The molecule has 0 radical (unpaired) electrons. The first-order valence-electron chi connectivity index (χ1n) is 8.93. The molecule has 3 heterocycles. The van der Waals surface area contributed by atoms with Crippen molar-refractivity contribution >= 4 is 22.8 Å². The molecule has 6 nitrogen and oxygen atoms in total. The van der Waals surface area contributed by atoms with Crippen LogP contribution in [0.3, 0.4) is 0 Å². The Morgan fingerprint density at radius 2 is 1.73 bits per heavy atom. The molecule has 3 aromatic rings. The third kappa shape index (κ3) is 3.49. The van der Waals surface area contributed by atoms with Crippen LogP contribution in [-0.4, -0.2) is 51.9 Å². The van der Waals surface area contributed by atoms with E-state index in [-0.39, 0.29) is 5.91 Å². The summed E-state index contributed by atoms with van der Waals surface area (Å²) in [6.45, 7) is 2.99. The van der Waals surface area contributed by atoms with E-state index in [1.807, 2.05) is 35.2 Å². The number of hydrogen-bond donors (Lipinski definition) is 0. The van der Waals surface area contributed by atoms with Gasteiger partial charge in [0, 0.05) is 38.8 Å². The molecule has 0 atom stereocenters. The number of carbonyl (C=O) groups is 1. The number of carbonyl (C=O) groups excluding carboxylic acids is 1. The lowest BCUT2D eigenvalue weighted by atomic mass is 10.1. The van der Waals surface area contributed by atoms with Crippen molar-refractivity contribution in [3.05, 3.63) is 60.6 Å². The van der Waals surface area contributed by atoms with E-state index in [1.54, 1.807) is 12.5 Å². The Balaban J connectivity index is 1.37. The zero-order chi connectivity index (χ0) is 17.8. The fourth-order valence-corrected chi connectivity index (χ4v) is 3.36. The molecule has 0 spiro atoms. The molecule has 1 aliphatic rings. The van der Waals surface area contributed by atoms with Crippen molar-refractivity contribution < 1.29 is 4.79 Å². The molecule has 1 aliphatic heterocycles. The molecule has 0 N–H and O–H groups in total. The number of anilines is 1. The van der Waals surface area contributed by atoms with E-state index in [0.29, 0.717) is 12.1 Å². The van der Waals surface area contributed by atoms with Crippen molar-refractivity contribution in [2.75, 3.05) is 31.1 Å². The third-order valence-electron chi connectivity index (χ3n) is 4.79. The van der Waals surface area contributed by atoms with Crippen LogP contribution in [0.5, 0.6) is 0 Å². The Hall–Kier alpha value is -3.02. The minimum Gasteiger partial charge on any atom is -0.352 e. The minimum absolute atomic E-state index is 0.225. The number of piperazine rings is 1. The van der Waals surface area contributed by atoms with Gasteiger partial charge in [-0.3, -0.25) is 4.79 Å². The Morgan fingerprint density at radius 3 is 2.54 bits per heavy atom. The van der Waals surface area contributed by atoms with Crippen LogP contribution in [0.2, 0.25) is 0 Å². The number of rotatable bonds is 4. The summed E-state index contributed by atoms with van der Waals surface area (Å²) in [5, 5.41) is 0.957. The summed E-state index contributed by atoms with van der Waals surface area (Å²) in [7, 11) is 0. The molecule has 0 unspecified atom stereocenters. The summed E-state index contributed by atoms with van der Waals surface area (Å²) in [6.07, 6.45) is 4.65. The van der Waals surface area contributed by atoms with Gasteiger partial charge in [0.1, 0.15) is 12.1 Å². The van der Waals surface area contributed by atoms with Crippen LogP contribution in [0.4, 0.5) is 5.82 Å². The van der Waals surface area contributed by atoms with Crippen molar-refractivity contribution in [1.82, 2.24) is 19.9 Å². The molecular weight excluding hydrogens is 326 g/mol. The average molecular weight is 347 g/mol. The van der Waals surface area contributed by atoms with Crippen LogP contribution in [0, 0.1) is 0 Å². The zero-order valence-corrected chi connectivity index (χ0v) is 14.6. The van der Waals surface area contributed by atoms with Crippen LogP contribution in [0.15, 0.2) is 55.0 Å². The second kappa shape index (κ2) is 7.47. The molecule has 1 fully saturated rings. The molecule has 6 heteroatoms. The van der Waals surface area contributed by atoms with Gasteiger partial charge in [0.2, 0.25) is 5.91 Å². The number of fused-ring (bicyclic) bond motifs is 1. The summed E-state index contributed by atoms with van der Waals surface area (Å²) in [5.41, 5.74) is 1.92. The summed E-state index contributed by atoms with van der Waals surface area (Å²) in [6, 6.07) is 14.1. The van der Waals surface area contributed by atoms with Gasteiger partial charge in [0.05, 0.1) is 5.39 Å². The lowest BCUT2D eigenvalue weighted by Gasteiger charge is -2.35. The minimum atomic E-state index is 0.225. The number of nitrogens with zero attached hydrogens (tertiary/aromatic N) is 5. The van der Waals surface area contributed by atoms with Crippen LogP contribution in [0.25, 0.3) is 11.0 Å². The maximum atomic E-state index is 12.5. The van der Waals surface area contributed by atoms with Crippen LogP contribution >= 0.6 is 0 Å². The standard InChI is InChI=1S/C20H21N5O/c26-18(9-8-16-5-2-1-3-6-16)24-11-13-25(14-12-24)20-17-7-4-10-21-19(17)22-15-23-20/h1-7,10,15H,8-9,11-14H2. The molecule has 132 valence electrons. The highest BCUT2D eigenvalue weighted by atomic mass is 16.2. The van der Waals surface area contributed by atoms with E-state index in [9.17, 15) is 4.79 Å². The van der Waals surface area contributed by atoms with E-state index in [0.717, 1.165) is 43.8 Å². The first-order valence-corrected chi connectivity index (χ1v) is 8.93. The van der Waals surface area contributed by atoms with Crippen molar-refractivity contribution in [2.45, 2.75) is 12.8 Å². The first kappa shape index (κ1) is 16.4. The van der Waals surface area contributed by atoms with Crippen molar-refractivity contribution in [3.8, 4) is 0 Å². The predicted molar refractivity (Wildman–Crippen MR) is 101 cm³/mol. The molecule has 0 bridgehead atoms. The Kier molecular flexibility index (Phi) is 4.73. The Bertz CT molecular complexity index is 886.